The second kappa shape index (κ2) is 13.0. The summed E-state index contributed by atoms with van der Waals surface area (Å²) in [5.41, 5.74) is 1.96. The molecule has 1 fully saturated rings. The molecule has 0 radical (unpaired) electrons. The molecular weight excluding hydrogens is 494 g/mol. The average Bonchev–Trinajstić information content (AvgIpc) is 3.20. The van der Waals surface area contributed by atoms with Crippen LogP contribution in [-0.2, 0) is 16.1 Å². The lowest BCUT2D eigenvalue weighted by Crippen LogP contribution is -2.29. The van der Waals surface area contributed by atoms with Gasteiger partial charge in [0, 0.05) is 12.1 Å². The first-order valence-electron chi connectivity index (χ1n) is 13.4. The Hall–Kier alpha value is -4.26. The third-order valence-corrected chi connectivity index (χ3v) is 6.51. The minimum atomic E-state index is -0.819. The molecule has 1 unspecified atom stereocenters. The van der Waals surface area contributed by atoms with Crippen LogP contribution in [0, 0.1) is 0 Å². The molecule has 1 saturated heterocycles. The molecule has 1 N–H and O–H groups in total. The summed E-state index contributed by atoms with van der Waals surface area (Å²) < 4.78 is 17.3. The first-order valence-corrected chi connectivity index (χ1v) is 13.4. The molecule has 3 aromatic carbocycles. The highest BCUT2D eigenvalue weighted by Crippen LogP contribution is 2.43. The van der Waals surface area contributed by atoms with E-state index in [9.17, 15) is 14.7 Å². The molecule has 204 valence electrons. The molecule has 0 saturated carbocycles. The Labute approximate surface area is 229 Å². The van der Waals surface area contributed by atoms with Gasteiger partial charge in [-0.25, -0.2) is 0 Å². The fraction of sp³-hybridized carbons (Fsp3) is 0.312. The van der Waals surface area contributed by atoms with E-state index in [4.69, 9.17) is 14.2 Å². The van der Waals surface area contributed by atoms with E-state index in [1.54, 1.807) is 36.4 Å². The number of ketones is 1. The zero-order valence-electron chi connectivity index (χ0n) is 22.7. The average molecular weight is 530 g/mol. The molecule has 0 aromatic heterocycles. The molecule has 1 aliphatic heterocycles. The van der Waals surface area contributed by atoms with Crippen LogP contribution in [-0.4, -0.2) is 41.5 Å². The molecule has 39 heavy (non-hydrogen) atoms. The van der Waals surface area contributed by atoms with Crippen LogP contribution in [0.4, 0.5) is 0 Å². The van der Waals surface area contributed by atoms with Crippen LogP contribution in [0.1, 0.15) is 56.3 Å². The Balaban J connectivity index is 1.82. The van der Waals surface area contributed by atoms with Crippen molar-refractivity contribution in [3.05, 3.63) is 95.1 Å². The summed E-state index contributed by atoms with van der Waals surface area (Å²) in [5, 5.41) is 11.4. The number of hydrogen-bond donors (Lipinski definition) is 1. The van der Waals surface area contributed by atoms with Crippen LogP contribution in [0.3, 0.4) is 0 Å². The summed E-state index contributed by atoms with van der Waals surface area (Å²) in [6.07, 6.45) is 1.91. The SMILES string of the molecule is CCCCOc1ccc(C2C(=C(O)c3ccc(OCC)cc3)C(=O)C(=O)N2Cc2ccccc2)cc1OCC. The van der Waals surface area contributed by atoms with Gasteiger partial charge in [-0.2, -0.15) is 0 Å². The molecular formula is C32H35NO6. The van der Waals surface area contributed by atoms with E-state index in [-0.39, 0.29) is 17.9 Å². The predicted molar refractivity (Wildman–Crippen MR) is 150 cm³/mol. The third kappa shape index (κ3) is 6.25. The van der Waals surface area contributed by atoms with Gasteiger partial charge in [0.2, 0.25) is 0 Å². The molecule has 1 atom stereocenters. The number of aliphatic hydroxyl groups is 1. The molecule has 3 aromatic rings. The molecule has 4 rings (SSSR count). The first kappa shape index (κ1) is 27.8. The number of nitrogens with zero attached hydrogens (tertiary/aromatic N) is 1. The largest absolute Gasteiger partial charge is 0.507 e. The second-order valence-corrected chi connectivity index (χ2v) is 9.21. The minimum Gasteiger partial charge on any atom is -0.507 e. The number of unbranched alkanes of at least 4 members (excludes halogenated alkanes) is 1. The molecule has 0 aliphatic carbocycles. The van der Waals surface area contributed by atoms with Gasteiger partial charge in [-0.1, -0.05) is 49.7 Å². The van der Waals surface area contributed by atoms with Crippen LogP contribution in [0.15, 0.2) is 78.4 Å². The van der Waals surface area contributed by atoms with Crippen LogP contribution in [0.25, 0.3) is 5.76 Å². The Kier molecular flexibility index (Phi) is 9.26. The van der Waals surface area contributed by atoms with Gasteiger partial charge in [0.15, 0.2) is 11.5 Å². The Morgan fingerprint density at radius 2 is 1.56 bits per heavy atom. The van der Waals surface area contributed by atoms with E-state index in [2.05, 4.69) is 6.92 Å². The molecule has 1 amide bonds. The normalized spacial score (nSPS) is 16.4. The van der Waals surface area contributed by atoms with Crippen molar-refractivity contribution >= 4 is 17.4 Å². The van der Waals surface area contributed by atoms with Crippen molar-refractivity contribution < 1.29 is 28.9 Å². The van der Waals surface area contributed by atoms with Crippen LogP contribution >= 0.6 is 0 Å². The lowest BCUT2D eigenvalue weighted by atomic mass is 9.94. The van der Waals surface area contributed by atoms with E-state index in [1.807, 2.05) is 50.2 Å². The summed E-state index contributed by atoms with van der Waals surface area (Å²) in [5.74, 6) is 0.132. The number of carbonyl (C=O) groups is 2. The van der Waals surface area contributed by atoms with Crippen molar-refractivity contribution in [1.82, 2.24) is 4.90 Å². The van der Waals surface area contributed by atoms with Gasteiger partial charge in [0.05, 0.1) is 31.4 Å². The van der Waals surface area contributed by atoms with Gasteiger partial charge in [-0.15, -0.1) is 0 Å². The van der Waals surface area contributed by atoms with Crippen molar-refractivity contribution in [2.45, 2.75) is 46.2 Å². The molecule has 1 heterocycles. The van der Waals surface area contributed by atoms with Gasteiger partial charge < -0.3 is 24.2 Å². The van der Waals surface area contributed by atoms with Crippen molar-refractivity contribution in [1.29, 1.82) is 0 Å². The van der Waals surface area contributed by atoms with Crippen molar-refractivity contribution in [3.63, 3.8) is 0 Å². The van der Waals surface area contributed by atoms with Crippen molar-refractivity contribution in [2.24, 2.45) is 0 Å². The van der Waals surface area contributed by atoms with E-state index >= 15 is 0 Å². The fourth-order valence-electron chi connectivity index (χ4n) is 4.61. The monoisotopic (exact) mass is 529 g/mol. The highest BCUT2D eigenvalue weighted by atomic mass is 16.5. The van der Waals surface area contributed by atoms with Crippen LogP contribution in [0.2, 0.25) is 0 Å². The van der Waals surface area contributed by atoms with Gasteiger partial charge >= 0.3 is 0 Å². The number of carbonyl (C=O) groups excluding carboxylic acids is 2. The maximum atomic E-state index is 13.4. The topological polar surface area (TPSA) is 85.3 Å². The summed E-state index contributed by atoms with van der Waals surface area (Å²) >= 11 is 0. The molecule has 7 nitrogen and oxygen atoms in total. The highest BCUT2D eigenvalue weighted by molar-refractivity contribution is 6.46. The molecule has 1 aliphatic rings. The number of likely N-dealkylation sites (tertiary alicyclic amines) is 1. The smallest absolute Gasteiger partial charge is 0.295 e. The number of amides is 1. The standard InChI is InChI=1S/C32H35NO6/c1-4-7-19-39-26-18-15-24(20-27(26)38-6-3)29-28(30(34)23-13-16-25(17-14-23)37-5-2)31(35)32(36)33(29)21-22-11-9-8-10-12-22/h8-18,20,29,34H,4-7,19,21H2,1-3H3. The molecule has 0 spiro atoms. The van der Waals surface area contributed by atoms with Crippen LogP contribution < -0.4 is 14.2 Å². The number of aliphatic hydroxyl groups excluding tert-OH is 1. The summed E-state index contributed by atoms with van der Waals surface area (Å²) in [6.45, 7) is 7.56. The Bertz CT molecular complexity index is 1320. The fourth-order valence-corrected chi connectivity index (χ4v) is 4.61. The number of benzene rings is 3. The number of hydrogen-bond acceptors (Lipinski definition) is 6. The summed E-state index contributed by atoms with van der Waals surface area (Å²) in [4.78, 5) is 28.3. The zero-order chi connectivity index (χ0) is 27.8. The van der Waals surface area contributed by atoms with Crippen molar-refractivity contribution in [3.8, 4) is 17.2 Å². The van der Waals surface area contributed by atoms with E-state index in [0.717, 1.165) is 18.4 Å². The quantitative estimate of drug-likeness (QED) is 0.129. The Morgan fingerprint density at radius 3 is 2.23 bits per heavy atom. The molecule has 7 heteroatoms. The highest BCUT2D eigenvalue weighted by Gasteiger charge is 2.46. The van der Waals surface area contributed by atoms with E-state index < -0.39 is 17.7 Å². The maximum Gasteiger partial charge on any atom is 0.295 e. The first-order chi connectivity index (χ1) is 19.0. The number of rotatable bonds is 12. The molecule has 0 bridgehead atoms. The van der Waals surface area contributed by atoms with Gasteiger partial charge in [0.1, 0.15) is 11.5 Å². The maximum absolute atomic E-state index is 13.4. The van der Waals surface area contributed by atoms with Gasteiger partial charge in [-0.05, 0) is 67.8 Å². The number of Topliss-reactive ketones (excluding diaryl/α,β-unsaturated/α-hetero) is 1. The zero-order valence-corrected chi connectivity index (χ0v) is 22.7. The minimum absolute atomic E-state index is 0.0298. The van der Waals surface area contributed by atoms with Gasteiger partial charge in [0.25, 0.3) is 11.7 Å². The summed E-state index contributed by atoms with van der Waals surface area (Å²) in [6, 6.07) is 20.9. The van der Waals surface area contributed by atoms with Crippen molar-refractivity contribution in [2.75, 3.05) is 19.8 Å². The van der Waals surface area contributed by atoms with Crippen LogP contribution in [0.5, 0.6) is 17.2 Å². The second-order valence-electron chi connectivity index (χ2n) is 9.21. The van der Waals surface area contributed by atoms with E-state index in [0.29, 0.717) is 48.2 Å². The number of ether oxygens (including phenoxy) is 3. The van der Waals surface area contributed by atoms with Gasteiger partial charge in [-0.3, -0.25) is 9.59 Å². The predicted octanol–water partition coefficient (Wildman–Crippen LogP) is 6.28. The summed E-state index contributed by atoms with van der Waals surface area (Å²) in [7, 11) is 0. The lowest BCUT2D eigenvalue weighted by molar-refractivity contribution is -0.140. The van der Waals surface area contributed by atoms with E-state index in [1.165, 1.54) is 4.90 Å². The lowest BCUT2D eigenvalue weighted by Gasteiger charge is -2.26. The third-order valence-electron chi connectivity index (χ3n) is 6.51. The Morgan fingerprint density at radius 1 is 0.846 bits per heavy atom.